The van der Waals surface area contributed by atoms with Gasteiger partial charge in [-0.2, -0.15) is 0 Å². The molecule has 3 heteroatoms. The lowest BCUT2D eigenvalue weighted by Gasteiger charge is -2.29. The van der Waals surface area contributed by atoms with Gasteiger partial charge in [0.25, 0.3) is 0 Å². The molecule has 0 aromatic rings. The Hall–Kier alpha value is 0.467. The number of quaternary nitrogens is 1. The van der Waals surface area contributed by atoms with Gasteiger partial charge in [-0.15, -0.1) is 0 Å². The molecule has 1 nitrogen and oxygen atoms in total. The summed E-state index contributed by atoms with van der Waals surface area (Å²) in [5, 5.41) is 0. The monoisotopic (exact) mass is 421 g/mol. The van der Waals surface area contributed by atoms with Gasteiger partial charge in [0.1, 0.15) is 0 Å². The molecule has 0 aromatic heterocycles. The Bertz CT molecular complexity index is 247. The summed E-state index contributed by atoms with van der Waals surface area (Å²) in [5.41, 5.74) is 0. The zero-order valence-electron chi connectivity index (χ0n) is 20.3. The molecule has 0 unspecified atom stereocenters. The summed E-state index contributed by atoms with van der Waals surface area (Å²) < 4.78 is 1.22. The van der Waals surface area contributed by atoms with Crippen LogP contribution in [-0.4, -0.2) is 41.9 Å². The minimum absolute atomic E-state index is 0. The largest absolute Gasteiger partial charge is 1.00 e. The number of rotatable bonds is 19. The standard InChI is InChI=1S/C23H50N.CH6Si.ClH/c1-5-7-8-9-10-11-12-13-14-15-16-17-18-19-20-21-23-24(3,4)22-6-2;1-2;/h5-23H2,1-4H3;1-2H3;1H/q+1;;/p-1. The van der Waals surface area contributed by atoms with Gasteiger partial charge in [0.05, 0.1) is 27.2 Å². The summed E-state index contributed by atoms with van der Waals surface area (Å²) in [6.07, 6.45) is 24.7. The zero-order valence-corrected chi connectivity index (χ0v) is 23.0. The average molecular weight is 422 g/mol. The van der Waals surface area contributed by atoms with E-state index in [4.69, 9.17) is 0 Å². The molecule has 0 N–H and O–H groups in total. The maximum atomic E-state index is 2.38. The first-order valence-electron chi connectivity index (χ1n) is 12.4. The van der Waals surface area contributed by atoms with Crippen LogP contribution < -0.4 is 12.4 Å². The van der Waals surface area contributed by atoms with Gasteiger partial charge in [0, 0.05) is 0 Å². The second-order valence-corrected chi connectivity index (χ2v) is 8.69. The Morgan fingerprint density at radius 2 is 0.741 bits per heavy atom. The SMILES string of the molecule is CCCCCCCCCCCCCCCCCC[N+](C)(C)CCC.C[SiH3].[Cl-]. The van der Waals surface area contributed by atoms with E-state index in [2.05, 4.69) is 34.5 Å². The normalized spacial score (nSPS) is 11.0. The van der Waals surface area contributed by atoms with E-state index in [1.807, 2.05) is 0 Å². The molecule has 0 heterocycles. The molecule has 0 saturated carbocycles. The van der Waals surface area contributed by atoms with Crippen molar-refractivity contribution in [1.82, 2.24) is 0 Å². The van der Waals surface area contributed by atoms with Crippen molar-refractivity contribution >= 4 is 10.2 Å². The van der Waals surface area contributed by atoms with Crippen molar-refractivity contribution < 1.29 is 16.9 Å². The second-order valence-electron chi connectivity index (χ2n) is 8.69. The topological polar surface area (TPSA) is 0 Å². The maximum Gasteiger partial charge on any atom is 0.0782 e. The Morgan fingerprint density at radius 1 is 0.444 bits per heavy atom. The van der Waals surface area contributed by atoms with Crippen LogP contribution in [0.3, 0.4) is 0 Å². The van der Waals surface area contributed by atoms with Crippen molar-refractivity contribution in [2.45, 2.75) is 130 Å². The first-order valence-corrected chi connectivity index (χ1v) is 14.4. The first kappa shape index (κ1) is 32.1. The lowest BCUT2D eigenvalue weighted by Crippen LogP contribution is -3.00. The summed E-state index contributed by atoms with van der Waals surface area (Å²) in [6.45, 7) is 9.44. The van der Waals surface area contributed by atoms with Gasteiger partial charge in [-0.05, 0) is 29.5 Å². The van der Waals surface area contributed by atoms with Crippen molar-refractivity contribution in [3.8, 4) is 0 Å². The molecule has 0 fully saturated rings. The van der Waals surface area contributed by atoms with Gasteiger partial charge in [0.2, 0.25) is 0 Å². The van der Waals surface area contributed by atoms with E-state index in [0.717, 1.165) is 0 Å². The van der Waals surface area contributed by atoms with E-state index < -0.39 is 0 Å². The van der Waals surface area contributed by atoms with Crippen LogP contribution in [0, 0.1) is 0 Å². The molecule has 0 aliphatic rings. The number of hydrogen-bond acceptors (Lipinski definition) is 0. The predicted molar refractivity (Wildman–Crippen MR) is 127 cm³/mol. The zero-order chi connectivity index (χ0) is 19.9. The highest BCUT2D eigenvalue weighted by molar-refractivity contribution is 6.05. The molecule has 0 aliphatic heterocycles. The molecule has 168 valence electrons. The van der Waals surface area contributed by atoms with Crippen molar-refractivity contribution in [1.29, 1.82) is 0 Å². The summed E-state index contributed by atoms with van der Waals surface area (Å²) in [5.74, 6) is 0. The predicted octanol–water partition coefficient (Wildman–Crippen LogP) is 4.14. The lowest BCUT2D eigenvalue weighted by molar-refractivity contribution is -0.890. The highest BCUT2D eigenvalue weighted by Crippen LogP contribution is 2.14. The van der Waals surface area contributed by atoms with Crippen molar-refractivity contribution in [3.63, 3.8) is 0 Å². The molecule has 0 rings (SSSR count). The van der Waals surface area contributed by atoms with Crippen molar-refractivity contribution in [2.75, 3.05) is 27.2 Å². The Labute approximate surface area is 183 Å². The number of nitrogens with zero attached hydrogens (tertiary/aromatic N) is 1. The minimum atomic E-state index is 0. The Kier molecular flexibility index (Phi) is 31.5. The van der Waals surface area contributed by atoms with Gasteiger partial charge in [-0.1, -0.05) is 110 Å². The fourth-order valence-corrected chi connectivity index (χ4v) is 3.81. The van der Waals surface area contributed by atoms with E-state index in [1.165, 1.54) is 137 Å². The fraction of sp³-hybridized carbons (Fsp3) is 1.00. The van der Waals surface area contributed by atoms with E-state index in [0.29, 0.717) is 0 Å². The summed E-state index contributed by atoms with van der Waals surface area (Å²) >= 11 is 0. The van der Waals surface area contributed by atoms with E-state index >= 15 is 0 Å². The molecular formula is C24H56ClNSi. The molecule has 0 atom stereocenters. The van der Waals surface area contributed by atoms with Crippen LogP contribution in [0.25, 0.3) is 0 Å². The number of halogens is 1. The van der Waals surface area contributed by atoms with Gasteiger partial charge in [-0.3, -0.25) is 0 Å². The average Bonchev–Trinajstić information content (AvgIpc) is 2.63. The molecule has 0 spiro atoms. The Balaban J connectivity index is -0.00000185. The molecule has 0 amide bonds. The van der Waals surface area contributed by atoms with Crippen molar-refractivity contribution in [3.05, 3.63) is 0 Å². The third-order valence-electron chi connectivity index (χ3n) is 5.45. The van der Waals surface area contributed by atoms with Crippen LogP contribution in [0.1, 0.15) is 123 Å². The van der Waals surface area contributed by atoms with Gasteiger partial charge >= 0.3 is 0 Å². The second kappa shape index (κ2) is 26.5. The highest BCUT2D eigenvalue weighted by Gasteiger charge is 2.11. The number of unbranched alkanes of at least 4 members (excludes halogenated alkanes) is 15. The molecular weight excluding hydrogens is 366 g/mol. The highest BCUT2D eigenvalue weighted by atomic mass is 35.5. The molecule has 0 bridgehead atoms. The smallest absolute Gasteiger partial charge is 0.0782 e. The molecule has 27 heavy (non-hydrogen) atoms. The van der Waals surface area contributed by atoms with Gasteiger partial charge in [0.15, 0.2) is 0 Å². The van der Waals surface area contributed by atoms with Crippen LogP contribution in [0.4, 0.5) is 0 Å². The lowest BCUT2D eigenvalue weighted by atomic mass is 10.0. The van der Waals surface area contributed by atoms with E-state index in [-0.39, 0.29) is 12.4 Å². The molecule has 0 aliphatic carbocycles. The quantitative estimate of drug-likeness (QED) is 0.167. The number of hydrogen-bond donors (Lipinski definition) is 0. The first-order chi connectivity index (χ1) is 12.6. The van der Waals surface area contributed by atoms with E-state index in [1.54, 1.807) is 0 Å². The third kappa shape index (κ3) is 28.8. The van der Waals surface area contributed by atoms with Crippen LogP contribution in [0.15, 0.2) is 0 Å². The van der Waals surface area contributed by atoms with Crippen LogP contribution >= 0.6 is 0 Å². The minimum Gasteiger partial charge on any atom is -1.00 e. The Morgan fingerprint density at radius 3 is 1.04 bits per heavy atom. The fourth-order valence-electron chi connectivity index (χ4n) is 3.81. The molecule has 0 saturated heterocycles. The summed E-state index contributed by atoms with van der Waals surface area (Å²) in [7, 11) is 6.07. The van der Waals surface area contributed by atoms with E-state index in [9.17, 15) is 0 Å². The van der Waals surface area contributed by atoms with Gasteiger partial charge < -0.3 is 16.9 Å². The third-order valence-corrected chi connectivity index (χ3v) is 5.45. The maximum absolute atomic E-state index is 2.38. The summed E-state index contributed by atoms with van der Waals surface area (Å²) in [4.78, 5) is 0. The van der Waals surface area contributed by atoms with Crippen LogP contribution in [0.5, 0.6) is 0 Å². The van der Waals surface area contributed by atoms with Crippen LogP contribution in [0.2, 0.25) is 6.55 Å². The van der Waals surface area contributed by atoms with Crippen molar-refractivity contribution in [2.24, 2.45) is 0 Å². The summed E-state index contributed by atoms with van der Waals surface area (Å²) in [6, 6.07) is 0. The molecule has 0 aromatic carbocycles. The van der Waals surface area contributed by atoms with Gasteiger partial charge in [-0.25, -0.2) is 0 Å². The van der Waals surface area contributed by atoms with Crippen LogP contribution in [-0.2, 0) is 0 Å². The molecule has 0 radical (unpaired) electrons.